The van der Waals surface area contributed by atoms with E-state index in [0.29, 0.717) is 5.92 Å². The van der Waals surface area contributed by atoms with Gasteiger partial charge in [0.2, 0.25) is 0 Å². The molecule has 0 saturated heterocycles. The molecule has 0 bridgehead atoms. The van der Waals surface area contributed by atoms with Gasteiger partial charge in [0.05, 0.1) is 10.2 Å². The molecule has 0 aliphatic heterocycles. The first-order valence-electron chi connectivity index (χ1n) is 6.61. The highest BCUT2D eigenvalue weighted by molar-refractivity contribution is 7.21. The first kappa shape index (κ1) is 12.4. The summed E-state index contributed by atoms with van der Waals surface area (Å²) in [5, 5.41) is 1.11. The first-order valence-corrected chi connectivity index (χ1v) is 7.42. The molecule has 2 aromatic carbocycles. The lowest BCUT2D eigenvalue weighted by Gasteiger charge is -2.03. The Balaban J connectivity index is 2.08. The SMILES string of the molecule is Cc1ccc(-c2nc3cc(C(C)C)ccc3s2)cc1. The van der Waals surface area contributed by atoms with Crippen LogP contribution in [0.1, 0.15) is 30.9 Å². The van der Waals surface area contributed by atoms with Gasteiger partial charge in [-0.2, -0.15) is 0 Å². The van der Waals surface area contributed by atoms with Crippen LogP contribution >= 0.6 is 11.3 Å². The van der Waals surface area contributed by atoms with E-state index >= 15 is 0 Å². The molecule has 0 saturated carbocycles. The average molecular weight is 267 g/mol. The predicted octanol–water partition coefficient (Wildman–Crippen LogP) is 5.40. The van der Waals surface area contributed by atoms with E-state index in [1.807, 2.05) is 0 Å². The van der Waals surface area contributed by atoms with Crippen LogP contribution in [0, 0.1) is 6.92 Å². The smallest absolute Gasteiger partial charge is 0.124 e. The third-order valence-electron chi connectivity index (χ3n) is 3.38. The van der Waals surface area contributed by atoms with E-state index in [9.17, 15) is 0 Å². The van der Waals surface area contributed by atoms with E-state index < -0.39 is 0 Å². The summed E-state index contributed by atoms with van der Waals surface area (Å²) in [5.74, 6) is 0.550. The molecule has 0 unspecified atom stereocenters. The zero-order valence-electron chi connectivity index (χ0n) is 11.5. The van der Waals surface area contributed by atoms with Crippen LogP contribution in [0.5, 0.6) is 0 Å². The fraction of sp³-hybridized carbons (Fsp3) is 0.235. The highest BCUT2D eigenvalue weighted by Crippen LogP contribution is 2.31. The second kappa shape index (κ2) is 4.78. The van der Waals surface area contributed by atoms with Gasteiger partial charge in [-0.1, -0.05) is 49.7 Å². The second-order valence-electron chi connectivity index (χ2n) is 5.27. The fourth-order valence-corrected chi connectivity index (χ4v) is 3.07. The fourth-order valence-electron chi connectivity index (χ4n) is 2.12. The second-order valence-corrected chi connectivity index (χ2v) is 6.30. The predicted molar refractivity (Wildman–Crippen MR) is 83.9 cm³/mol. The Morgan fingerprint density at radius 2 is 1.74 bits per heavy atom. The van der Waals surface area contributed by atoms with Crippen LogP contribution in [-0.4, -0.2) is 4.98 Å². The summed E-state index contributed by atoms with van der Waals surface area (Å²) in [6, 6.07) is 15.2. The lowest BCUT2D eigenvalue weighted by Crippen LogP contribution is -1.85. The molecule has 1 heterocycles. The van der Waals surface area contributed by atoms with E-state index in [-0.39, 0.29) is 0 Å². The minimum Gasteiger partial charge on any atom is -0.236 e. The summed E-state index contributed by atoms with van der Waals surface area (Å²) in [6.45, 7) is 6.54. The van der Waals surface area contributed by atoms with Gasteiger partial charge in [0.15, 0.2) is 0 Å². The zero-order chi connectivity index (χ0) is 13.4. The summed E-state index contributed by atoms with van der Waals surface area (Å²) in [7, 11) is 0. The molecule has 0 fully saturated rings. The van der Waals surface area contributed by atoms with E-state index in [1.54, 1.807) is 11.3 Å². The van der Waals surface area contributed by atoms with Crippen molar-refractivity contribution in [1.82, 2.24) is 4.98 Å². The lowest BCUT2D eigenvalue weighted by molar-refractivity contribution is 0.868. The van der Waals surface area contributed by atoms with Gasteiger partial charge in [0.25, 0.3) is 0 Å². The van der Waals surface area contributed by atoms with E-state index in [4.69, 9.17) is 4.98 Å². The summed E-state index contributed by atoms with van der Waals surface area (Å²) in [6.07, 6.45) is 0. The number of benzene rings is 2. The number of aryl methyl sites for hydroxylation is 1. The minimum atomic E-state index is 0.550. The van der Waals surface area contributed by atoms with Crippen molar-refractivity contribution in [2.75, 3.05) is 0 Å². The Bertz CT molecular complexity index is 708. The van der Waals surface area contributed by atoms with Crippen molar-refractivity contribution in [2.24, 2.45) is 0 Å². The Morgan fingerprint density at radius 1 is 1.00 bits per heavy atom. The minimum absolute atomic E-state index is 0.550. The van der Waals surface area contributed by atoms with Crippen LogP contribution in [-0.2, 0) is 0 Å². The topological polar surface area (TPSA) is 12.9 Å². The van der Waals surface area contributed by atoms with Crippen molar-refractivity contribution in [3.63, 3.8) is 0 Å². The van der Waals surface area contributed by atoms with E-state index in [2.05, 4.69) is 63.2 Å². The number of thiazole rings is 1. The standard InChI is InChI=1S/C17H17NS/c1-11(2)14-8-9-16-15(10-14)18-17(19-16)13-6-4-12(3)5-7-13/h4-11H,1-3H3. The third kappa shape index (κ3) is 2.41. The summed E-state index contributed by atoms with van der Waals surface area (Å²) in [5.41, 5.74) is 4.96. The highest BCUT2D eigenvalue weighted by Gasteiger charge is 2.08. The molecule has 3 rings (SSSR count). The number of rotatable bonds is 2. The maximum Gasteiger partial charge on any atom is 0.124 e. The molecule has 1 nitrogen and oxygen atoms in total. The third-order valence-corrected chi connectivity index (χ3v) is 4.46. The molecule has 0 aliphatic rings. The zero-order valence-corrected chi connectivity index (χ0v) is 12.3. The molecule has 19 heavy (non-hydrogen) atoms. The number of fused-ring (bicyclic) bond motifs is 1. The van der Waals surface area contributed by atoms with Gasteiger partial charge >= 0.3 is 0 Å². The number of hydrogen-bond donors (Lipinski definition) is 0. The van der Waals surface area contributed by atoms with E-state index in [1.165, 1.54) is 21.4 Å². The molecule has 0 spiro atoms. The Morgan fingerprint density at radius 3 is 2.42 bits per heavy atom. The van der Waals surface area contributed by atoms with Gasteiger partial charge in [0.1, 0.15) is 5.01 Å². The normalized spacial score (nSPS) is 11.4. The summed E-state index contributed by atoms with van der Waals surface area (Å²) >= 11 is 1.77. The Kier molecular flexibility index (Phi) is 3.11. The van der Waals surface area contributed by atoms with Crippen molar-refractivity contribution < 1.29 is 0 Å². The number of nitrogens with zero attached hydrogens (tertiary/aromatic N) is 1. The van der Waals surface area contributed by atoms with Crippen molar-refractivity contribution in [2.45, 2.75) is 26.7 Å². The quantitative estimate of drug-likeness (QED) is 0.606. The molecule has 0 amide bonds. The van der Waals surface area contributed by atoms with Gasteiger partial charge in [0, 0.05) is 5.56 Å². The molecule has 0 atom stereocenters. The van der Waals surface area contributed by atoms with Crippen LogP contribution in [0.15, 0.2) is 42.5 Å². The van der Waals surface area contributed by atoms with Crippen molar-refractivity contribution in [3.8, 4) is 10.6 Å². The maximum atomic E-state index is 4.77. The number of hydrogen-bond acceptors (Lipinski definition) is 2. The lowest BCUT2D eigenvalue weighted by atomic mass is 10.0. The molecule has 3 aromatic rings. The van der Waals surface area contributed by atoms with Crippen LogP contribution in [0.2, 0.25) is 0 Å². The van der Waals surface area contributed by atoms with E-state index in [0.717, 1.165) is 10.5 Å². The van der Waals surface area contributed by atoms with Crippen molar-refractivity contribution in [1.29, 1.82) is 0 Å². The maximum absolute atomic E-state index is 4.77. The van der Waals surface area contributed by atoms with Gasteiger partial charge in [-0.3, -0.25) is 0 Å². The van der Waals surface area contributed by atoms with Crippen molar-refractivity contribution >= 4 is 21.6 Å². The summed E-state index contributed by atoms with van der Waals surface area (Å²) < 4.78 is 1.26. The molecule has 2 heteroatoms. The Labute approximate surface area is 117 Å². The Hall–Kier alpha value is -1.67. The van der Waals surface area contributed by atoms with Crippen LogP contribution in [0.3, 0.4) is 0 Å². The first-order chi connectivity index (χ1) is 9.13. The molecule has 0 radical (unpaired) electrons. The monoisotopic (exact) mass is 267 g/mol. The average Bonchev–Trinajstić information content (AvgIpc) is 2.82. The van der Waals surface area contributed by atoms with Gasteiger partial charge < -0.3 is 0 Å². The van der Waals surface area contributed by atoms with Crippen molar-refractivity contribution in [3.05, 3.63) is 53.6 Å². The highest BCUT2D eigenvalue weighted by atomic mass is 32.1. The molecular formula is C17H17NS. The van der Waals surface area contributed by atoms with Gasteiger partial charge in [-0.25, -0.2) is 4.98 Å². The van der Waals surface area contributed by atoms with Crippen LogP contribution < -0.4 is 0 Å². The van der Waals surface area contributed by atoms with Crippen LogP contribution in [0.4, 0.5) is 0 Å². The van der Waals surface area contributed by atoms with Gasteiger partial charge in [-0.05, 0) is 30.5 Å². The number of aromatic nitrogens is 1. The molecular weight excluding hydrogens is 250 g/mol. The molecule has 0 aliphatic carbocycles. The van der Waals surface area contributed by atoms with Crippen LogP contribution in [0.25, 0.3) is 20.8 Å². The van der Waals surface area contributed by atoms with Gasteiger partial charge in [-0.15, -0.1) is 11.3 Å². The largest absolute Gasteiger partial charge is 0.236 e. The summed E-state index contributed by atoms with van der Waals surface area (Å²) in [4.78, 5) is 4.77. The molecule has 1 aromatic heterocycles. The molecule has 96 valence electrons. The molecule has 0 N–H and O–H groups in total.